The summed E-state index contributed by atoms with van der Waals surface area (Å²) in [6.07, 6.45) is 0.861. The van der Waals surface area contributed by atoms with Crippen molar-refractivity contribution >= 4 is 11.8 Å². The van der Waals surface area contributed by atoms with Crippen molar-refractivity contribution in [2.45, 2.75) is 12.8 Å². The number of hydrogen-bond acceptors (Lipinski definition) is 4. The first-order chi connectivity index (χ1) is 12.5. The highest BCUT2D eigenvalue weighted by Gasteiger charge is 2.23. The summed E-state index contributed by atoms with van der Waals surface area (Å²) in [7, 11) is 0. The van der Waals surface area contributed by atoms with Crippen molar-refractivity contribution in [3.05, 3.63) is 63.8 Å². The van der Waals surface area contributed by atoms with Crippen LogP contribution in [0.15, 0.2) is 41.2 Å². The van der Waals surface area contributed by atoms with Crippen molar-refractivity contribution in [3.8, 4) is 0 Å². The molecular formula is C18H19FN4O3. The highest BCUT2D eigenvalue weighted by molar-refractivity contribution is 5.92. The first kappa shape index (κ1) is 17.8. The van der Waals surface area contributed by atoms with Gasteiger partial charge in [-0.1, -0.05) is 12.1 Å². The van der Waals surface area contributed by atoms with Gasteiger partial charge < -0.3 is 9.80 Å². The predicted molar refractivity (Wildman–Crippen MR) is 92.1 cm³/mol. The number of nitrogens with zero attached hydrogens (tertiary/aromatic N) is 3. The number of amides is 2. The minimum absolute atomic E-state index is 0.0481. The van der Waals surface area contributed by atoms with E-state index in [1.807, 2.05) is 0 Å². The number of carbonyl (C=O) groups is 2. The molecule has 1 aliphatic rings. The highest BCUT2D eigenvalue weighted by atomic mass is 19.1. The molecule has 0 saturated carbocycles. The fraction of sp³-hybridized carbons (Fsp3) is 0.333. The SMILES string of the molecule is O=C(Cc1ccc(F)cc1)N1CCCN(C(=O)c2ccc(=O)[nH]n2)CC1. The Morgan fingerprint density at radius 1 is 1.00 bits per heavy atom. The Bertz CT molecular complexity index is 830. The minimum Gasteiger partial charge on any atom is -0.341 e. The van der Waals surface area contributed by atoms with Crippen LogP contribution in [0.2, 0.25) is 0 Å². The molecule has 1 aliphatic heterocycles. The van der Waals surface area contributed by atoms with E-state index in [0.717, 1.165) is 5.56 Å². The Morgan fingerprint density at radius 2 is 1.69 bits per heavy atom. The van der Waals surface area contributed by atoms with Crippen LogP contribution in [-0.4, -0.2) is 58.0 Å². The molecule has 1 aromatic carbocycles. The van der Waals surface area contributed by atoms with Gasteiger partial charge in [-0.05, 0) is 30.2 Å². The van der Waals surface area contributed by atoms with Crippen LogP contribution >= 0.6 is 0 Å². The van der Waals surface area contributed by atoms with Crippen LogP contribution in [0.25, 0.3) is 0 Å². The number of carbonyl (C=O) groups excluding carboxylic acids is 2. The molecule has 1 fully saturated rings. The smallest absolute Gasteiger partial charge is 0.274 e. The van der Waals surface area contributed by atoms with Crippen molar-refractivity contribution in [3.63, 3.8) is 0 Å². The maximum atomic E-state index is 13.0. The molecule has 2 heterocycles. The Labute approximate surface area is 149 Å². The van der Waals surface area contributed by atoms with Crippen LogP contribution in [0.3, 0.4) is 0 Å². The van der Waals surface area contributed by atoms with Gasteiger partial charge >= 0.3 is 0 Å². The van der Waals surface area contributed by atoms with Crippen LogP contribution < -0.4 is 5.56 Å². The molecule has 1 saturated heterocycles. The van der Waals surface area contributed by atoms with Crippen LogP contribution in [0.5, 0.6) is 0 Å². The first-order valence-corrected chi connectivity index (χ1v) is 8.40. The monoisotopic (exact) mass is 358 g/mol. The summed E-state index contributed by atoms with van der Waals surface area (Å²) in [5, 5.41) is 6.01. The number of H-pyrrole nitrogens is 1. The van der Waals surface area contributed by atoms with E-state index in [0.29, 0.717) is 32.6 Å². The second kappa shape index (κ2) is 7.90. The maximum absolute atomic E-state index is 13.0. The van der Waals surface area contributed by atoms with Gasteiger partial charge in [0.15, 0.2) is 0 Å². The molecule has 2 amide bonds. The lowest BCUT2D eigenvalue weighted by Gasteiger charge is -2.22. The van der Waals surface area contributed by atoms with Crippen molar-refractivity contribution < 1.29 is 14.0 Å². The molecule has 136 valence electrons. The Morgan fingerprint density at radius 3 is 2.38 bits per heavy atom. The minimum atomic E-state index is -0.366. The van der Waals surface area contributed by atoms with Gasteiger partial charge in [0, 0.05) is 32.2 Å². The van der Waals surface area contributed by atoms with Gasteiger partial charge in [0.25, 0.3) is 11.5 Å². The second-order valence-electron chi connectivity index (χ2n) is 6.14. The molecule has 26 heavy (non-hydrogen) atoms. The molecule has 2 aromatic rings. The standard InChI is InChI=1S/C18H19FN4O3/c19-14-4-2-13(3-5-14)12-17(25)22-8-1-9-23(11-10-22)18(26)15-6-7-16(24)21-20-15/h2-7H,1,8-12H2,(H,21,24). The zero-order valence-corrected chi connectivity index (χ0v) is 14.2. The highest BCUT2D eigenvalue weighted by Crippen LogP contribution is 2.10. The summed E-state index contributed by atoms with van der Waals surface area (Å²) in [5.74, 6) is -0.650. The van der Waals surface area contributed by atoms with Crippen LogP contribution in [0.1, 0.15) is 22.5 Å². The zero-order valence-electron chi connectivity index (χ0n) is 14.2. The molecule has 3 rings (SSSR count). The molecule has 0 aliphatic carbocycles. The predicted octanol–water partition coefficient (Wildman–Crippen LogP) is 0.826. The summed E-state index contributed by atoms with van der Waals surface area (Å²) in [6, 6.07) is 8.52. The number of rotatable bonds is 3. The van der Waals surface area contributed by atoms with E-state index < -0.39 is 0 Å². The lowest BCUT2D eigenvalue weighted by atomic mass is 10.1. The zero-order chi connectivity index (χ0) is 18.5. The van der Waals surface area contributed by atoms with Crippen molar-refractivity contribution in [1.29, 1.82) is 0 Å². The van der Waals surface area contributed by atoms with Crippen LogP contribution in [0.4, 0.5) is 4.39 Å². The van der Waals surface area contributed by atoms with Crippen molar-refractivity contribution in [2.75, 3.05) is 26.2 Å². The third-order valence-electron chi connectivity index (χ3n) is 4.30. The Hall–Kier alpha value is -3.03. The summed E-state index contributed by atoms with van der Waals surface area (Å²) in [4.78, 5) is 39.3. The fourth-order valence-corrected chi connectivity index (χ4v) is 2.88. The number of aromatic nitrogens is 2. The molecule has 0 unspecified atom stereocenters. The van der Waals surface area contributed by atoms with E-state index in [1.165, 1.54) is 24.3 Å². The molecule has 8 heteroatoms. The average Bonchev–Trinajstić information content (AvgIpc) is 2.90. The number of halogens is 1. The largest absolute Gasteiger partial charge is 0.341 e. The molecule has 0 spiro atoms. The van der Waals surface area contributed by atoms with E-state index in [-0.39, 0.29) is 35.3 Å². The molecule has 7 nitrogen and oxygen atoms in total. The lowest BCUT2D eigenvalue weighted by molar-refractivity contribution is -0.130. The van der Waals surface area contributed by atoms with E-state index in [2.05, 4.69) is 10.2 Å². The Balaban J connectivity index is 1.59. The van der Waals surface area contributed by atoms with Crippen LogP contribution in [0, 0.1) is 5.82 Å². The van der Waals surface area contributed by atoms with Crippen LogP contribution in [-0.2, 0) is 11.2 Å². The van der Waals surface area contributed by atoms with Gasteiger partial charge in [-0.25, -0.2) is 9.49 Å². The summed E-state index contributed by atoms with van der Waals surface area (Å²) < 4.78 is 13.0. The van der Waals surface area contributed by atoms with Crippen molar-refractivity contribution in [1.82, 2.24) is 20.0 Å². The fourth-order valence-electron chi connectivity index (χ4n) is 2.88. The molecule has 0 atom stereocenters. The van der Waals surface area contributed by atoms with Crippen molar-refractivity contribution in [2.24, 2.45) is 0 Å². The van der Waals surface area contributed by atoms with E-state index in [9.17, 15) is 18.8 Å². The molecule has 1 N–H and O–H groups in total. The quantitative estimate of drug-likeness (QED) is 0.880. The first-order valence-electron chi connectivity index (χ1n) is 8.40. The van der Waals surface area contributed by atoms with Gasteiger partial charge in [0.1, 0.15) is 11.5 Å². The van der Waals surface area contributed by atoms with Gasteiger partial charge in [0.05, 0.1) is 6.42 Å². The van der Waals surface area contributed by atoms with E-state index >= 15 is 0 Å². The number of nitrogens with one attached hydrogen (secondary N) is 1. The normalized spacial score (nSPS) is 14.8. The summed E-state index contributed by atoms with van der Waals surface area (Å²) in [5.41, 5.74) is 0.566. The average molecular weight is 358 g/mol. The van der Waals surface area contributed by atoms with Gasteiger partial charge in [-0.2, -0.15) is 5.10 Å². The third kappa shape index (κ3) is 4.33. The second-order valence-corrected chi connectivity index (χ2v) is 6.14. The number of benzene rings is 1. The summed E-state index contributed by atoms with van der Waals surface area (Å²) >= 11 is 0. The van der Waals surface area contributed by atoms with Gasteiger partial charge in [-0.3, -0.25) is 14.4 Å². The number of aromatic amines is 1. The maximum Gasteiger partial charge on any atom is 0.274 e. The lowest BCUT2D eigenvalue weighted by Crippen LogP contribution is -2.38. The summed E-state index contributed by atoms with van der Waals surface area (Å²) in [6.45, 7) is 1.90. The molecule has 0 radical (unpaired) electrons. The third-order valence-corrected chi connectivity index (χ3v) is 4.30. The Kier molecular flexibility index (Phi) is 5.40. The molecule has 1 aromatic heterocycles. The van der Waals surface area contributed by atoms with Gasteiger partial charge in [0.2, 0.25) is 5.91 Å². The van der Waals surface area contributed by atoms with E-state index in [1.54, 1.807) is 21.9 Å². The number of hydrogen-bond donors (Lipinski definition) is 1. The molecule has 0 bridgehead atoms. The van der Waals surface area contributed by atoms with Gasteiger partial charge in [-0.15, -0.1) is 0 Å². The topological polar surface area (TPSA) is 86.4 Å². The molecular weight excluding hydrogens is 339 g/mol. The van der Waals surface area contributed by atoms with E-state index in [4.69, 9.17) is 0 Å².